The third-order valence-corrected chi connectivity index (χ3v) is 3.23. The van der Waals surface area contributed by atoms with E-state index in [9.17, 15) is 0 Å². The van der Waals surface area contributed by atoms with Crippen LogP contribution in [0.3, 0.4) is 0 Å². The molecule has 6 heteroatoms. The predicted molar refractivity (Wildman–Crippen MR) is 78.9 cm³/mol. The van der Waals surface area contributed by atoms with Crippen LogP contribution in [0, 0.1) is 6.92 Å². The molecule has 0 spiro atoms. The maximum Gasteiger partial charge on any atom is 0.133 e. The van der Waals surface area contributed by atoms with Crippen LogP contribution >= 0.6 is 0 Å². The second-order valence-corrected chi connectivity index (χ2v) is 5.07. The average molecular weight is 264 g/mol. The van der Waals surface area contributed by atoms with Crippen LogP contribution in [0.4, 0.5) is 11.6 Å². The van der Waals surface area contributed by atoms with Gasteiger partial charge in [0.15, 0.2) is 0 Å². The van der Waals surface area contributed by atoms with Crippen LogP contribution in [-0.2, 0) is 0 Å². The number of anilines is 2. The predicted octanol–water partition coefficient (Wildman–Crippen LogP) is 0.168. The summed E-state index contributed by atoms with van der Waals surface area (Å²) in [6.45, 7) is 8.36. The van der Waals surface area contributed by atoms with Gasteiger partial charge in [-0.3, -0.25) is 4.90 Å². The molecule has 0 aliphatic carbocycles. The molecule has 0 bridgehead atoms. The van der Waals surface area contributed by atoms with E-state index in [-0.39, 0.29) is 0 Å². The fraction of sp³-hybridized carbons (Fsp3) is 0.692. The van der Waals surface area contributed by atoms with Gasteiger partial charge in [0.2, 0.25) is 0 Å². The number of aromatic nitrogens is 2. The van der Waals surface area contributed by atoms with Gasteiger partial charge in [0, 0.05) is 59.4 Å². The van der Waals surface area contributed by atoms with Gasteiger partial charge in [-0.25, -0.2) is 9.97 Å². The Bertz CT molecular complexity index is 400. The van der Waals surface area contributed by atoms with Crippen molar-refractivity contribution in [2.75, 3.05) is 63.6 Å². The maximum absolute atomic E-state index is 4.42. The van der Waals surface area contributed by atoms with Gasteiger partial charge in [-0.1, -0.05) is 0 Å². The van der Waals surface area contributed by atoms with E-state index in [1.807, 2.05) is 32.0 Å². The normalized spacial score (nSPS) is 16.4. The first-order chi connectivity index (χ1) is 9.15. The summed E-state index contributed by atoms with van der Waals surface area (Å²) < 4.78 is 0. The number of hydrogen-bond acceptors (Lipinski definition) is 6. The molecule has 2 rings (SSSR count). The molecule has 0 unspecified atom stereocenters. The highest BCUT2D eigenvalue weighted by molar-refractivity contribution is 5.48. The summed E-state index contributed by atoms with van der Waals surface area (Å²) >= 11 is 0. The summed E-state index contributed by atoms with van der Waals surface area (Å²) in [4.78, 5) is 13.3. The SMILES string of the molecule is Cc1nc(NCCN2CCNCC2)cc(N(C)C)n1. The number of aryl methyl sites for hydroxylation is 1. The Kier molecular flexibility index (Phi) is 4.93. The lowest BCUT2D eigenvalue weighted by Crippen LogP contribution is -2.45. The Balaban J connectivity index is 1.84. The van der Waals surface area contributed by atoms with Crippen molar-refractivity contribution in [3.63, 3.8) is 0 Å². The number of rotatable bonds is 5. The van der Waals surface area contributed by atoms with Crippen molar-refractivity contribution in [1.82, 2.24) is 20.2 Å². The molecule has 1 aliphatic rings. The van der Waals surface area contributed by atoms with Crippen LogP contribution in [0.2, 0.25) is 0 Å². The summed E-state index contributed by atoms with van der Waals surface area (Å²) in [6, 6.07) is 1.99. The van der Waals surface area contributed by atoms with E-state index in [0.717, 1.165) is 56.7 Å². The molecule has 1 fully saturated rings. The van der Waals surface area contributed by atoms with E-state index in [1.54, 1.807) is 0 Å². The molecule has 1 aromatic heterocycles. The Morgan fingerprint density at radius 3 is 2.74 bits per heavy atom. The van der Waals surface area contributed by atoms with Crippen LogP contribution in [0.25, 0.3) is 0 Å². The van der Waals surface area contributed by atoms with Crippen LogP contribution in [0.15, 0.2) is 6.07 Å². The molecule has 2 N–H and O–H groups in total. The second-order valence-electron chi connectivity index (χ2n) is 5.07. The molecular formula is C13H24N6. The summed E-state index contributed by atoms with van der Waals surface area (Å²) in [7, 11) is 3.98. The zero-order chi connectivity index (χ0) is 13.7. The van der Waals surface area contributed by atoms with Crippen molar-refractivity contribution >= 4 is 11.6 Å². The number of nitrogens with one attached hydrogen (secondary N) is 2. The molecule has 1 aromatic rings. The second kappa shape index (κ2) is 6.68. The van der Waals surface area contributed by atoms with Crippen molar-refractivity contribution in [3.05, 3.63) is 11.9 Å². The van der Waals surface area contributed by atoms with Gasteiger partial charge in [0.1, 0.15) is 17.5 Å². The van der Waals surface area contributed by atoms with Gasteiger partial charge in [-0.05, 0) is 6.92 Å². The molecular weight excluding hydrogens is 240 g/mol. The van der Waals surface area contributed by atoms with Crippen molar-refractivity contribution in [1.29, 1.82) is 0 Å². The highest BCUT2D eigenvalue weighted by Crippen LogP contribution is 2.13. The highest BCUT2D eigenvalue weighted by atomic mass is 15.2. The van der Waals surface area contributed by atoms with E-state index >= 15 is 0 Å². The quantitative estimate of drug-likeness (QED) is 0.790. The van der Waals surface area contributed by atoms with E-state index in [0.29, 0.717) is 0 Å². The first-order valence-electron chi connectivity index (χ1n) is 6.85. The molecule has 0 atom stereocenters. The monoisotopic (exact) mass is 264 g/mol. The minimum atomic E-state index is 0.802. The molecule has 1 aliphatic heterocycles. The largest absolute Gasteiger partial charge is 0.369 e. The van der Waals surface area contributed by atoms with Gasteiger partial charge in [-0.15, -0.1) is 0 Å². The van der Waals surface area contributed by atoms with Gasteiger partial charge >= 0.3 is 0 Å². The Morgan fingerprint density at radius 1 is 1.32 bits per heavy atom. The molecule has 0 radical (unpaired) electrons. The van der Waals surface area contributed by atoms with Crippen LogP contribution in [0.1, 0.15) is 5.82 Å². The minimum Gasteiger partial charge on any atom is -0.369 e. The Hall–Kier alpha value is -1.40. The zero-order valence-electron chi connectivity index (χ0n) is 12.1. The minimum absolute atomic E-state index is 0.802. The highest BCUT2D eigenvalue weighted by Gasteiger charge is 2.09. The lowest BCUT2D eigenvalue weighted by atomic mass is 10.3. The Labute approximate surface area is 115 Å². The van der Waals surface area contributed by atoms with Gasteiger partial charge in [-0.2, -0.15) is 0 Å². The van der Waals surface area contributed by atoms with Crippen LogP contribution in [-0.4, -0.2) is 68.2 Å². The number of hydrogen-bond donors (Lipinski definition) is 2. The third-order valence-electron chi connectivity index (χ3n) is 3.23. The van der Waals surface area contributed by atoms with Crippen molar-refractivity contribution in [3.8, 4) is 0 Å². The van der Waals surface area contributed by atoms with Gasteiger partial charge in [0.25, 0.3) is 0 Å². The van der Waals surface area contributed by atoms with Crippen molar-refractivity contribution < 1.29 is 0 Å². The molecule has 0 saturated carbocycles. The topological polar surface area (TPSA) is 56.3 Å². The molecule has 106 valence electrons. The smallest absolute Gasteiger partial charge is 0.133 e. The summed E-state index contributed by atoms with van der Waals surface area (Å²) in [5, 5.41) is 6.75. The van der Waals surface area contributed by atoms with E-state index in [4.69, 9.17) is 0 Å². The van der Waals surface area contributed by atoms with Crippen molar-refractivity contribution in [2.24, 2.45) is 0 Å². The number of piperazine rings is 1. The summed E-state index contributed by atoms with van der Waals surface area (Å²) in [5.41, 5.74) is 0. The van der Waals surface area contributed by atoms with E-state index < -0.39 is 0 Å². The lowest BCUT2D eigenvalue weighted by molar-refractivity contribution is 0.249. The standard InChI is InChI=1S/C13H24N6/c1-11-16-12(10-13(17-11)18(2)3)15-6-9-19-7-4-14-5-8-19/h10,14H,4-9H2,1-3H3,(H,15,16,17). The van der Waals surface area contributed by atoms with Gasteiger partial charge in [0.05, 0.1) is 0 Å². The number of nitrogens with zero attached hydrogens (tertiary/aromatic N) is 4. The maximum atomic E-state index is 4.42. The first-order valence-corrected chi connectivity index (χ1v) is 6.85. The summed E-state index contributed by atoms with van der Waals surface area (Å²) in [6.07, 6.45) is 0. The van der Waals surface area contributed by atoms with Gasteiger partial charge < -0.3 is 15.5 Å². The van der Waals surface area contributed by atoms with E-state index in [2.05, 4.69) is 25.5 Å². The van der Waals surface area contributed by atoms with Crippen LogP contribution < -0.4 is 15.5 Å². The first kappa shape index (κ1) is 14.0. The molecule has 0 amide bonds. The molecule has 6 nitrogen and oxygen atoms in total. The Morgan fingerprint density at radius 2 is 2.05 bits per heavy atom. The molecule has 19 heavy (non-hydrogen) atoms. The van der Waals surface area contributed by atoms with Crippen molar-refractivity contribution in [2.45, 2.75) is 6.92 Å². The van der Waals surface area contributed by atoms with Crippen LogP contribution in [0.5, 0.6) is 0 Å². The average Bonchev–Trinajstić information content (AvgIpc) is 2.39. The van der Waals surface area contributed by atoms with E-state index in [1.165, 1.54) is 0 Å². The fourth-order valence-electron chi connectivity index (χ4n) is 2.15. The lowest BCUT2D eigenvalue weighted by Gasteiger charge is -2.27. The molecule has 2 heterocycles. The molecule has 1 saturated heterocycles. The molecule has 0 aromatic carbocycles. The zero-order valence-corrected chi connectivity index (χ0v) is 12.1. The fourth-order valence-corrected chi connectivity index (χ4v) is 2.15. The third kappa shape index (κ3) is 4.33. The summed E-state index contributed by atoms with van der Waals surface area (Å²) in [5.74, 6) is 2.65.